The largest absolute Gasteiger partial charge is 0.351 e. The van der Waals surface area contributed by atoms with E-state index in [1.807, 2.05) is 18.5 Å². The average molecular weight is 453 g/mol. The molecule has 1 aliphatic carbocycles. The summed E-state index contributed by atoms with van der Waals surface area (Å²) >= 11 is 0. The molecule has 6 rings (SSSR count). The van der Waals surface area contributed by atoms with Gasteiger partial charge in [0, 0.05) is 24.5 Å². The van der Waals surface area contributed by atoms with Crippen LogP contribution in [0.4, 0.5) is 5.95 Å². The lowest BCUT2D eigenvalue weighted by Crippen LogP contribution is -2.39. The van der Waals surface area contributed by atoms with Crippen molar-refractivity contribution < 1.29 is 0 Å². The van der Waals surface area contributed by atoms with Gasteiger partial charge in [-0.2, -0.15) is 0 Å². The van der Waals surface area contributed by atoms with Crippen molar-refractivity contribution in [3.8, 4) is 22.5 Å². The predicted octanol–water partition coefficient (Wildman–Crippen LogP) is 5.59. The summed E-state index contributed by atoms with van der Waals surface area (Å²) in [5, 5.41) is 3.64. The standard InChI is InChI=1S/C28H32N6/c1-20-17-30-28(31-23-10-12-24(13-11-23)33-15-5-6-16-33)32-27(20)25-18-29-26-14-9-22(19-34(25)26)21-7-3-2-4-8-21/h2-4,7-9,14,17-19,23-24H,5-6,10-13,15-16H2,1H3,(H,30,31,32). The van der Waals surface area contributed by atoms with Crippen LogP contribution < -0.4 is 5.32 Å². The van der Waals surface area contributed by atoms with E-state index in [2.05, 4.69) is 74.1 Å². The van der Waals surface area contributed by atoms with Crippen LogP contribution >= 0.6 is 0 Å². The lowest BCUT2D eigenvalue weighted by atomic mass is 9.90. The highest BCUT2D eigenvalue weighted by atomic mass is 15.2. The predicted molar refractivity (Wildman–Crippen MR) is 137 cm³/mol. The molecule has 4 aromatic rings. The minimum Gasteiger partial charge on any atom is -0.351 e. The second-order valence-electron chi connectivity index (χ2n) is 9.77. The average Bonchev–Trinajstić information content (AvgIpc) is 3.56. The van der Waals surface area contributed by atoms with Gasteiger partial charge in [-0.15, -0.1) is 0 Å². The molecule has 1 saturated heterocycles. The fraction of sp³-hybridized carbons (Fsp3) is 0.393. The quantitative estimate of drug-likeness (QED) is 0.428. The molecule has 1 aliphatic heterocycles. The molecule has 0 spiro atoms. The number of likely N-dealkylation sites (tertiary alicyclic amines) is 1. The fourth-order valence-corrected chi connectivity index (χ4v) is 5.60. The maximum Gasteiger partial charge on any atom is 0.223 e. The van der Waals surface area contributed by atoms with Gasteiger partial charge < -0.3 is 10.2 Å². The second kappa shape index (κ2) is 9.18. The van der Waals surface area contributed by atoms with Crippen LogP contribution in [0.15, 0.2) is 61.1 Å². The van der Waals surface area contributed by atoms with E-state index in [0.29, 0.717) is 6.04 Å². The number of rotatable bonds is 5. The molecule has 4 heterocycles. The first-order valence-electron chi connectivity index (χ1n) is 12.6. The molecule has 6 nitrogen and oxygen atoms in total. The normalized spacial score (nSPS) is 21.2. The lowest BCUT2D eigenvalue weighted by Gasteiger charge is -2.34. The number of nitrogens with zero attached hydrogens (tertiary/aromatic N) is 5. The van der Waals surface area contributed by atoms with Crippen molar-refractivity contribution in [3.63, 3.8) is 0 Å². The summed E-state index contributed by atoms with van der Waals surface area (Å²) < 4.78 is 2.14. The molecule has 34 heavy (non-hydrogen) atoms. The zero-order valence-electron chi connectivity index (χ0n) is 19.8. The summed E-state index contributed by atoms with van der Waals surface area (Å²) in [6, 6.07) is 15.9. The maximum absolute atomic E-state index is 4.96. The smallest absolute Gasteiger partial charge is 0.223 e. The number of aryl methyl sites for hydroxylation is 1. The van der Waals surface area contributed by atoms with Crippen LogP contribution in [0, 0.1) is 6.92 Å². The van der Waals surface area contributed by atoms with Crippen molar-refractivity contribution in [2.45, 2.75) is 57.5 Å². The van der Waals surface area contributed by atoms with Crippen LogP contribution in [0.25, 0.3) is 28.2 Å². The summed E-state index contributed by atoms with van der Waals surface area (Å²) in [7, 11) is 0. The maximum atomic E-state index is 4.96. The van der Waals surface area contributed by atoms with Crippen molar-refractivity contribution in [1.29, 1.82) is 0 Å². The van der Waals surface area contributed by atoms with Gasteiger partial charge in [-0.25, -0.2) is 15.0 Å². The Kier molecular flexibility index (Phi) is 5.75. The minimum absolute atomic E-state index is 0.446. The Morgan fingerprint density at radius 1 is 0.853 bits per heavy atom. The van der Waals surface area contributed by atoms with Gasteiger partial charge >= 0.3 is 0 Å². The number of benzene rings is 1. The monoisotopic (exact) mass is 452 g/mol. The van der Waals surface area contributed by atoms with Crippen molar-refractivity contribution in [2.75, 3.05) is 18.4 Å². The zero-order chi connectivity index (χ0) is 22.9. The first kappa shape index (κ1) is 21.3. The Hall–Kier alpha value is -3.25. The van der Waals surface area contributed by atoms with E-state index in [4.69, 9.17) is 4.98 Å². The first-order chi connectivity index (χ1) is 16.7. The molecule has 0 atom stereocenters. The van der Waals surface area contributed by atoms with Gasteiger partial charge in [-0.1, -0.05) is 30.3 Å². The molecule has 174 valence electrons. The molecule has 0 unspecified atom stereocenters. The fourth-order valence-electron chi connectivity index (χ4n) is 5.60. The third-order valence-electron chi connectivity index (χ3n) is 7.51. The van der Waals surface area contributed by atoms with E-state index in [9.17, 15) is 0 Å². The summed E-state index contributed by atoms with van der Waals surface area (Å²) in [6.45, 7) is 4.65. The number of fused-ring (bicyclic) bond motifs is 1. The van der Waals surface area contributed by atoms with E-state index >= 15 is 0 Å². The third kappa shape index (κ3) is 4.18. The molecule has 1 aromatic carbocycles. The molecule has 2 aliphatic rings. The molecule has 3 aromatic heterocycles. The molecular weight excluding hydrogens is 420 g/mol. The van der Waals surface area contributed by atoms with Gasteiger partial charge in [0.1, 0.15) is 5.65 Å². The van der Waals surface area contributed by atoms with E-state index in [-0.39, 0.29) is 0 Å². The lowest BCUT2D eigenvalue weighted by molar-refractivity contribution is 0.186. The Bertz CT molecular complexity index is 1270. The number of aromatic nitrogens is 4. The van der Waals surface area contributed by atoms with Crippen LogP contribution in [0.1, 0.15) is 44.1 Å². The van der Waals surface area contributed by atoms with E-state index in [0.717, 1.165) is 40.2 Å². The molecule has 0 bridgehead atoms. The van der Waals surface area contributed by atoms with Crippen molar-refractivity contribution in [3.05, 3.63) is 66.6 Å². The molecule has 1 saturated carbocycles. The third-order valence-corrected chi connectivity index (χ3v) is 7.51. The van der Waals surface area contributed by atoms with Crippen LogP contribution in [0.2, 0.25) is 0 Å². The number of hydrogen-bond acceptors (Lipinski definition) is 5. The summed E-state index contributed by atoms with van der Waals surface area (Å²) in [5.74, 6) is 0.722. The highest BCUT2D eigenvalue weighted by Gasteiger charge is 2.27. The zero-order valence-corrected chi connectivity index (χ0v) is 19.8. The minimum atomic E-state index is 0.446. The summed E-state index contributed by atoms with van der Waals surface area (Å²) in [4.78, 5) is 16.9. The highest BCUT2D eigenvalue weighted by Crippen LogP contribution is 2.29. The van der Waals surface area contributed by atoms with Gasteiger partial charge in [-0.3, -0.25) is 4.40 Å². The molecular formula is C28H32N6. The number of hydrogen-bond donors (Lipinski definition) is 1. The Labute approximate surface area is 201 Å². The highest BCUT2D eigenvalue weighted by molar-refractivity contribution is 5.69. The summed E-state index contributed by atoms with van der Waals surface area (Å²) in [5.41, 5.74) is 6.24. The van der Waals surface area contributed by atoms with Crippen molar-refractivity contribution in [1.82, 2.24) is 24.3 Å². The van der Waals surface area contributed by atoms with E-state index in [1.165, 1.54) is 57.2 Å². The molecule has 0 amide bonds. The Morgan fingerprint density at radius 3 is 2.44 bits per heavy atom. The van der Waals surface area contributed by atoms with Crippen LogP contribution in [-0.4, -0.2) is 49.4 Å². The molecule has 2 fully saturated rings. The topological polar surface area (TPSA) is 58.4 Å². The SMILES string of the molecule is Cc1cnc(NC2CCC(N3CCCC3)CC2)nc1-c1cnc2ccc(-c3ccccc3)cn12. The summed E-state index contributed by atoms with van der Waals surface area (Å²) in [6.07, 6.45) is 13.7. The van der Waals surface area contributed by atoms with Crippen molar-refractivity contribution in [2.24, 2.45) is 0 Å². The number of imidazole rings is 1. The Morgan fingerprint density at radius 2 is 1.65 bits per heavy atom. The van der Waals surface area contributed by atoms with Gasteiger partial charge in [0.2, 0.25) is 5.95 Å². The Balaban J connectivity index is 1.23. The van der Waals surface area contributed by atoms with Crippen LogP contribution in [0.5, 0.6) is 0 Å². The van der Waals surface area contributed by atoms with Gasteiger partial charge in [0.25, 0.3) is 0 Å². The van der Waals surface area contributed by atoms with E-state index < -0.39 is 0 Å². The first-order valence-corrected chi connectivity index (χ1v) is 12.6. The second-order valence-corrected chi connectivity index (χ2v) is 9.77. The van der Waals surface area contributed by atoms with Crippen LogP contribution in [-0.2, 0) is 0 Å². The number of nitrogens with one attached hydrogen (secondary N) is 1. The van der Waals surface area contributed by atoms with E-state index in [1.54, 1.807) is 0 Å². The van der Waals surface area contributed by atoms with Crippen molar-refractivity contribution >= 4 is 11.6 Å². The van der Waals surface area contributed by atoms with Gasteiger partial charge in [0.15, 0.2) is 0 Å². The molecule has 1 N–H and O–H groups in total. The molecule has 6 heteroatoms. The van der Waals surface area contributed by atoms with Gasteiger partial charge in [-0.05, 0) is 87.4 Å². The van der Waals surface area contributed by atoms with Crippen LogP contribution in [0.3, 0.4) is 0 Å². The number of anilines is 1. The number of pyridine rings is 1. The molecule has 0 radical (unpaired) electrons. The van der Waals surface area contributed by atoms with Gasteiger partial charge in [0.05, 0.1) is 17.6 Å².